The summed E-state index contributed by atoms with van der Waals surface area (Å²) in [5.41, 5.74) is 2.88. The van der Waals surface area contributed by atoms with Crippen molar-refractivity contribution in [1.29, 1.82) is 0 Å². The first kappa shape index (κ1) is 14.0. The number of nitrogens with zero attached hydrogens (tertiary/aromatic N) is 1. The number of halogens is 2. The van der Waals surface area contributed by atoms with Gasteiger partial charge in [-0.05, 0) is 30.5 Å². The van der Waals surface area contributed by atoms with E-state index in [2.05, 4.69) is 4.99 Å². The van der Waals surface area contributed by atoms with Crippen molar-refractivity contribution in [2.75, 3.05) is 0 Å². The Morgan fingerprint density at radius 2 is 2.11 bits per heavy atom. The molecule has 0 bridgehead atoms. The largest absolute Gasteiger partial charge is 0.228 e. The summed E-state index contributed by atoms with van der Waals surface area (Å²) in [5.74, 6) is -0.444. The maximum Gasteiger partial charge on any atom is 0.216 e. The van der Waals surface area contributed by atoms with E-state index < -0.39 is 5.97 Å². The molecule has 1 aliphatic rings. The number of allylic oxidation sites excluding steroid dienone is 3. The number of hydrogen-bond acceptors (Lipinski definition) is 1. The molecule has 0 amide bonds. The van der Waals surface area contributed by atoms with Gasteiger partial charge in [-0.3, -0.25) is 0 Å². The molecular formula is C16H17ClFN. The molecule has 1 nitrogen and oxygen atoms in total. The average Bonchev–Trinajstić information content (AvgIpc) is 2.55. The molecule has 0 aliphatic carbocycles. The number of rotatable bonds is 3. The van der Waals surface area contributed by atoms with Gasteiger partial charge in [0.25, 0.3) is 0 Å². The second-order valence-corrected chi connectivity index (χ2v) is 5.15. The molecule has 0 radical (unpaired) electrons. The summed E-state index contributed by atoms with van der Waals surface area (Å²) < 4.78 is 14.1. The molecule has 1 aliphatic heterocycles. The number of aryl methyl sites for hydroxylation is 1. The Labute approximate surface area is 118 Å². The van der Waals surface area contributed by atoms with Crippen molar-refractivity contribution in [3.05, 3.63) is 59.3 Å². The van der Waals surface area contributed by atoms with Crippen LogP contribution in [0.15, 0.2) is 53.2 Å². The summed E-state index contributed by atoms with van der Waals surface area (Å²) in [5, 5.41) is -0.315. The molecular weight excluding hydrogens is 261 g/mol. The van der Waals surface area contributed by atoms with E-state index >= 15 is 0 Å². The molecule has 1 aromatic carbocycles. The van der Waals surface area contributed by atoms with Crippen molar-refractivity contribution in [2.24, 2.45) is 4.99 Å². The van der Waals surface area contributed by atoms with Gasteiger partial charge in [0, 0.05) is 17.7 Å². The first-order chi connectivity index (χ1) is 9.13. The fraction of sp³-hybridized carbons (Fsp3) is 0.312. The van der Waals surface area contributed by atoms with Gasteiger partial charge in [-0.2, -0.15) is 4.39 Å². The lowest BCUT2D eigenvalue weighted by Crippen LogP contribution is -2.10. The van der Waals surface area contributed by atoms with Gasteiger partial charge in [-0.25, -0.2) is 4.99 Å². The summed E-state index contributed by atoms with van der Waals surface area (Å²) in [7, 11) is 0. The van der Waals surface area contributed by atoms with E-state index in [1.165, 1.54) is 6.20 Å². The van der Waals surface area contributed by atoms with Crippen molar-refractivity contribution < 1.29 is 4.39 Å². The minimum absolute atomic E-state index is 0.00824. The van der Waals surface area contributed by atoms with Crippen LogP contribution >= 0.6 is 11.6 Å². The van der Waals surface area contributed by atoms with Gasteiger partial charge in [-0.15, -0.1) is 11.6 Å². The predicted molar refractivity (Wildman–Crippen MR) is 79.6 cm³/mol. The normalized spacial score (nSPS) is 20.5. The Hall–Kier alpha value is -1.41. The third-order valence-corrected chi connectivity index (χ3v) is 3.65. The van der Waals surface area contributed by atoms with E-state index in [1.54, 1.807) is 12.2 Å². The lowest BCUT2D eigenvalue weighted by atomic mass is 9.86. The Morgan fingerprint density at radius 1 is 1.37 bits per heavy atom. The van der Waals surface area contributed by atoms with Crippen LogP contribution in [0, 0.1) is 6.92 Å². The zero-order valence-electron chi connectivity index (χ0n) is 11.1. The van der Waals surface area contributed by atoms with Gasteiger partial charge in [0.05, 0.1) is 5.38 Å². The highest BCUT2D eigenvalue weighted by Gasteiger charge is 2.22. The molecule has 0 saturated heterocycles. The van der Waals surface area contributed by atoms with E-state index in [0.717, 1.165) is 17.5 Å². The zero-order valence-corrected chi connectivity index (χ0v) is 11.9. The average molecular weight is 278 g/mol. The molecule has 2 unspecified atom stereocenters. The molecule has 0 aromatic heterocycles. The number of hydrogen-bond donors (Lipinski definition) is 0. The van der Waals surface area contributed by atoms with Crippen molar-refractivity contribution >= 4 is 17.6 Å². The minimum atomic E-state index is -0.436. The van der Waals surface area contributed by atoms with Crippen molar-refractivity contribution in [1.82, 2.24) is 0 Å². The van der Waals surface area contributed by atoms with Gasteiger partial charge < -0.3 is 0 Å². The third kappa shape index (κ3) is 3.13. The van der Waals surface area contributed by atoms with Crippen molar-refractivity contribution in [3.63, 3.8) is 0 Å². The maximum atomic E-state index is 14.1. The van der Waals surface area contributed by atoms with E-state index in [1.807, 2.05) is 38.1 Å². The van der Waals surface area contributed by atoms with Crippen molar-refractivity contribution in [3.8, 4) is 0 Å². The van der Waals surface area contributed by atoms with Gasteiger partial charge in [0.1, 0.15) is 0 Å². The topological polar surface area (TPSA) is 12.4 Å². The third-order valence-electron chi connectivity index (χ3n) is 3.38. The molecule has 1 aromatic rings. The van der Waals surface area contributed by atoms with E-state index in [4.69, 9.17) is 11.6 Å². The second-order valence-electron chi connectivity index (χ2n) is 4.65. The van der Waals surface area contributed by atoms with Crippen LogP contribution < -0.4 is 0 Å². The number of benzene rings is 1. The molecule has 0 fully saturated rings. The Bertz CT molecular complexity index is 545. The summed E-state index contributed by atoms with van der Waals surface area (Å²) in [6.45, 7) is 4.09. The minimum Gasteiger partial charge on any atom is -0.228 e. The molecule has 3 heteroatoms. The van der Waals surface area contributed by atoms with Crippen LogP contribution in [-0.2, 0) is 0 Å². The molecule has 2 rings (SSSR count). The highest BCUT2D eigenvalue weighted by atomic mass is 35.5. The monoisotopic (exact) mass is 277 g/mol. The van der Waals surface area contributed by atoms with Crippen LogP contribution in [0.3, 0.4) is 0 Å². The quantitative estimate of drug-likeness (QED) is 0.696. The van der Waals surface area contributed by atoms with Gasteiger partial charge in [0.2, 0.25) is 5.97 Å². The summed E-state index contributed by atoms with van der Waals surface area (Å²) in [6, 6.07) is 8.05. The Morgan fingerprint density at radius 3 is 2.79 bits per heavy atom. The predicted octanol–water partition coefficient (Wildman–Crippen LogP) is 4.92. The van der Waals surface area contributed by atoms with E-state index in [9.17, 15) is 4.39 Å². The zero-order chi connectivity index (χ0) is 13.8. The SMILES string of the molecule is CCC(C1=CC(Cl)C=CN=C1F)c1ccccc1C. The number of alkyl halides is 1. The van der Waals surface area contributed by atoms with Crippen LogP contribution in [0.25, 0.3) is 0 Å². The fourth-order valence-electron chi connectivity index (χ4n) is 2.41. The van der Waals surface area contributed by atoms with Gasteiger partial charge in [0.15, 0.2) is 0 Å². The molecule has 0 N–H and O–H groups in total. The van der Waals surface area contributed by atoms with Crippen LogP contribution in [-0.4, -0.2) is 11.3 Å². The molecule has 1 heterocycles. The second kappa shape index (κ2) is 6.16. The molecule has 19 heavy (non-hydrogen) atoms. The van der Waals surface area contributed by atoms with Crippen LogP contribution in [0.4, 0.5) is 4.39 Å². The van der Waals surface area contributed by atoms with Crippen molar-refractivity contribution in [2.45, 2.75) is 31.6 Å². The smallest absolute Gasteiger partial charge is 0.216 e. The summed E-state index contributed by atoms with van der Waals surface area (Å²) in [4.78, 5) is 3.80. The van der Waals surface area contributed by atoms with E-state index in [-0.39, 0.29) is 11.3 Å². The molecule has 2 atom stereocenters. The Kier molecular flexibility index (Phi) is 4.54. The summed E-state index contributed by atoms with van der Waals surface area (Å²) in [6.07, 6.45) is 5.67. The van der Waals surface area contributed by atoms with Gasteiger partial charge in [-0.1, -0.05) is 37.3 Å². The molecule has 100 valence electrons. The highest BCUT2D eigenvalue weighted by Crippen LogP contribution is 2.33. The number of aliphatic imine (C=N–C) groups is 1. The lowest BCUT2D eigenvalue weighted by molar-refractivity contribution is 0.728. The highest BCUT2D eigenvalue weighted by molar-refractivity contribution is 6.23. The maximum absolute atomic E-state index is 14.1. The first-order valence-electron chi connectivity index (χ1n) is 6.45. The van der Waals surface area contributed by atoms with Crippen LogP contribution in [0.5, 0.6) is 0 Å². The fourth-order valence-corrected chi connectivity index (χ4v) is 2.61. The molecule has 0 saturated carbocycles. The Balaban J connectivity index is 2.45. The van der Waals surface area contributed by atoms with Gasteiger partial charge >= 0.3 is 0 Å². The lowest BCUT2D eigenvalue weighted by Gasteiger charge is -2.20. The first-order valence-corrected chi connectivity index (χ1v) is 6.88. The van der Waals surface area contributed by atoms with Crippen LogP contribution in [0.2, 0.25) is 0 Å². The summed E-state index contributed by atoms with van der Waals surface area (Å²) >= 11 is 6.11. The standard InChI is InChI=1S/C16H17ClFN/c1-3-13(14-7-5-4-6-11(14)2)15-10-12(17)8-9-19-16(15)18/h4-10,12-13H,3H2,1-2H3. The van der Waals surface area contributed by atoms with Crippen LogP contribution in [0.1, 0.15) is 30.4 Å². The molecule has 0 spiro atoms. The van der Waals surface area contributed by atoms with E-state index in [0.29, 0.717) is 5.57 Å².